The highest BCUT2D eigenvalue weighted by atomic mass is 32.1. The van der Waals surface area contributed by atoms with E-state index in [-0.39, 0.29) is 30.2 Å². The summed E-state index contributed by atoms with van der Waals surface area (Å²) >= 11 is 1.17. The van der Waals surface area contributed by atoms with Gasteiger partial charge in [-0.2, -0.15) is 0 Å². The fourth-order valence-corrected chi connectivity index (χ4v) is 2.45. The zero-order chi connectivity index (χ0) is 14.5. The third-order valence-corrected chi connectivity index (χ3v) is 3.62. The smallest absolute Gasteiger partial charge is 0.355 e. The first-order valence-corrected chi connectivity index (χ1v) is 6.91. The molecule has 1 aromatic rings. The van der Waals surface area contributed by atoms with Gasteiger partial charge in [0.2, 0.25) is 5.91 Å². The van der Waals surface area contributed by atoms with E-state index >= 15 is 0 Å². The number of urea groups is 1. The fraction of sp³-hybridized carbons (Fsp3) is 0.455. The lowest BCUT2D eigenvalue weighted by Crippen LogP contribution is -2.50. The topological polar surface area (TPSA) is 120 Å². The minimum Gasteiger partial charge on any atom is -0.476 e. The van der Waals surface area contributed by atoms with Crippen LogP contribution in [0.25, 0.3) is 0 Å². The molecule has 8 nitrogen and oxygen atoms in total. The first-order valence-electron chi connectivity index (χ1n) is 6.03. The lowest BCUT2D eigenvalue weighted by Gasteiger charge is -2.23. The maximum Gasteiger partial charge on any atom is 0.355 e. The Balaban J connectivity index is 1.74. The molecule has 0 bridgehead atoms. The number of thiazole rings is 1. The normalized spacial score (nSPS) is 18.2. The molecule has 1 atom stereocenters. The molecule has 1 aliphatic rings. The van der Waals surface area contributed by atoms with E-state index < -0.39 is 5.97 Å². The summed E-state index contributed by atoms with van der Waals surface area (Å²) in [5, 5.41) is 18.7. The molecule has 0 aromatic carbocycles. The molecule has 0 saturated carbocycles. The van der Waals surface area contributed by atoms with Crippen molar-refractivity contribution < 1.29 is 19.5 Å². The minimum absolute atomic E-state index is 0.00700. The zero-order valence-corrected chi connectivity index (χ0v) is 11.3. The molecule has 2 heterocycles. The SMILES string of the molecule is O=C1CCC(NC(=O)NCc2nc(C(=O)O)cs2)CN1. The van der Waals surface area contributed by atoms with Crippen LogP contribution in [0.1, 0.15) is 28.3 Å². The largest absolute Gasteiger partial charge is 0.476 e. The number of rotatable bonds is 4. The van der Waals surface area contributed by atoms with Crippen molar-refractivity contribution in [3.05, 3.63) is 16.1 Å². The standard InChI is InChI=1S/C11H14N4O4S/c16-8-2-1-6(3-12-8)14-11(19)13-4-9-15-7(5-20-9)10(17)18/h5-6H,1-4H2,(H,12,16)(H,17,18)(H2,13,14,19). The maximum atomic E-state index is 11.6. The Morgan fingerprint density at radius 3 is 2.95 bits per heavy atom. The number of carboxylic acids is 1. The van der Waals surface area contributed by atoms with E-state index in [0.29, 0.717) is 24.4 Å². The number of aromatic carboxylic acids is 1. The Morgan fingerprint density at radius 1 is 1.55 bits per heavy atom. The second kappa shape index (κ2) is 6.33. The van der Waals surface area contributed by atoms with E-state index in [1.165, 1.54) is 16.7 Å². The summed E-state index contributed by atoms with van der Waals surface area (Å²) < 4.78 is 0. The van der Waals surface area contributed by atoms with Gasteiger partial charge < -0.3 is 21.1 Å². The highest BCUT2D eigenvalue weighted by molar-refractivity contribution is 7.09. The van der Waals surface area contributed by atoms with Gasteiger partial charge in [0.25, 0.3) is 0 Å². The Kier molecular flexibility index (Phi) is 4.51. The Bertz CT molecular complexity index is 520. The molecule has 0 spiro atoms. The molecule has 0 radical (unpaired) electrons. The van der Waals surface area contributed by atoms with Crippen LogP contribution in [0.5, 0.6) is 0 Å². The Morgan fingerprint density at radius 2 is 2.35 bits per heavy atom. The number of carbonyl (C=O) groups is 3. The maximum absolute atomic E-state index is 11.6. The van der Waals surface area contributed by atoms with Gasteiger partial charge in [-0.1, -0.05) is 0 Å². The van der Waals surface area contributed by atoms with Crippen molar-refractivity contribution in [3.63, 3.8) is 0 Å². The van der Waals surface area contributed by atoms with Crippen LogP contribution in [-0.2, 0) is 11.3 Å². The quantitative estimate of drug-likeness (QED) is 0.619. The molecule has 1 unspecified atom stereocenters. The number of carbonyl (C=O) groups excluding carboxylic acids is 2. The first-order chi connectivity index (χ1) is 9.54. The Labute approximate surface area is 118 Å². The second-order valence-electron chi connectivity index (χ2n) is 4.30. The average molecular weight is 298 g/mol. The van der Waals surface area contributed by atoms with Crippen molar-refractivity contribution in [1.29, 1.82) is 0 Å². The summed E-state index contributed by atoms with van der Waals surface area (Å²) in [4.78, 5) is 37.1. The summed E-state index contributed by atoms with van der Waals surface area (Å²) in [6, 6.07) is -0.447. The van der Waals surface area contributed by atoms with Gasteiger partial charge in [0, 0.05) is 24.4 Å². The lowest BCUT2D eigenvalue weighted by atomic mass is 10.1. The lowest BCUT2D eigenvalue weighted by molar-refractivity contribution is -0.122. The number of hydrogen-bond acceptors (Lipinski definition) is 5. The highest BCUT2D eigenvalue weighted by Crippen LogP contribution is 2.09. The first kappa shape index (κ1) is 14.3. The average Bonchev–Trinajstić information content (AvgIpc) is 2.88. The molecule has 1 aromatic heterocycles. The fourth-order valence-electron chi connectivity index (χ4n) is 1.74. The summed E-state index contributed by atoms with van der Waals surface area (Å²) in [6.45, 7) is 0.593. The monoisotopic (exact) mass is 298 g/mol. The van der Waals surface area contributed by atoms with Gasteiger partial charge in [0.15, 0.2) is 5.69 Å². The van der Waals surface area contributed by atoms with E-state index in [1.807, 2.05) is 0 Å². The number of amides is 3. The van der Waals surface area contributed by atoms with E-state index in [0.717, 1.165) is 0 Å². The number of piperidine rings is 1. The van der Waals surface area contributed by atoms with E-state index in [2.05, 4.69) is 20.9 Å². The molecule has 108 valence electrons. The van der Waals surface area contributed by atoms with Crippen molar-refractivity contribution >= 4 is 29.2 Å². The highest BCUT2D eigenvalue weighted by Gasteiger charge is 2.19. The van der Waals surface area contributed by atoms with E-state index in [4.69, 9.17) is 5.11 Å². The van der Waals surface area contributed by atoms with Crippen molar-refractivity contribution in [2.75, 3.05) is 6.54 Å². The molecule has 4 N–H and O–H groups in total. The minimum atomic E-state index is -1.09. The number of nitrogens with zero attached hydrogens (tertiary/aromatic N) is 1. The van der Waals surface area contributed by atoms with E-state index in [9.17, 15) is 14.4 Å². The number of nitrogens with one attached hydrogen (secondary N) is 3. The molecule has 1 aliphatic heterocycles. The third-order valence-electron chi connectivity index (χ3n) is 2.77. The van der Waals surface area contributed by atoms with Crippen LogP contribution >= 0.6 is 11.3 Å². The predicted octanol–water partition coefficient (Wildman–Crippen LogP) is -0.0809. The van der Waals surface area contributed by atoms with Gasteiger partial charge in [-0.15, -0.1) is 11.3 Å². The van der Waals surface area contributed by atoms with Crippen LogP contribution in [0.15, 0.2) is 5.38 Å². The molecule has 9 heteroatoms. The summed E-state index contributed by atoms with van der Waals surface area (Å²) in [5.74, 6) is -1.10. The molecule has 1 saturated heterocycles. The van der Waals surface area contributed by atoms with Gasteiger partial charge in [-0.05, 0) is 6.42 Å². The van der Waals surface area contributed by atoms with E-state index in [1.54, 1.807) is 0 Å². The number of hydrogen-bond donors (Lipinski definition) is 4. The van der Waals surface area contributed by atoms with Gasteiger partial charge in [0.05, 0.1) is 6.54 Å². The van der Waals surface area contributed by atoms with Gasteiger partial charge >= 0.3 is 12.0 Å². The molecule has 3 amide bonds. The molecular formula is C11H14N4O4S. The molecule has 1 fully saturated rings. The number of carboxylic acid groups (broad SMARTS) is 1. The van der Waals surface area contributed by atoms with Gasteiger partial charge in [0.1, 0.15) is 5.01 Å². The molecule has 2 rings (SSSR count). The van der Waals surface area contributed by atoms with Crippen LogP contribution in [0, 0.1) is 0 Å². The third kappa shape index (κ3) is 3.92. The van der Waals surface area contributed by atoms with Crippen molar-refractivity contribution in [1.82, 2.24) is 20.9 Å². The second-order valence-corrected chi connectivity index (χ2v) is 5.24. The molecule has 0 aliphatic carbocycles. The molecular weight excluding hydrogens is 284 g/mol. The van der Waals surface area contributed by atoms with Crippen LogP contribution in [0.4, 0.5) is 4.79 Å². The van der Waals surface area contributed by atoms with Crippen molar-refractivity contribution in [2.24, 2.45) is 0 Å². The van der Waals surface area contributed by atoms with Crippen molar-refractivity contribution in [3.8, 4) is 0 Å². The summed E-state index contributed by atoms with van der Waals surface area (Å²) in [6.07, 6.45) is 1.01. The summed E-state index contributed by atoms with van der Waals surface area (Å²) in [7, 11) is 0. The van der Waals surface area contributed by atoms with Crippen LogP contribution < -0.4 is 16.0 Å². The predicted molar refractivity (Wildman–Crippen MR) is 70.5 cm³/mol. The van der Waals surface area contributed by atoms with Gasteiger partial charge in [-0.3, -0.25) is 4.79 Å². The van der Waals surface area contributed by atoms with Gasteiger partial charge in [-0.25, -0.2) is 14.6 Å². The summed E-state index contributed by atoms with van der Waals surface area (Å²) in [5.41, 5.74) is -0.0257. The van der Waals surface area contributed by atoms with Crippen molar-refractivity contribution in [2.45, 2.75) is 25.4 Å². The zero-order valence-electron chi connectivity index (χ0n) is 10.5. The van der Waals surface area contributed by atoms with Crippen LogP contribution in [-0.4, -0.2) is 40.6 Å². The molecule has 20 heavy (non-hydrogen) atoms. The van der Waals surface area contributed by atoms with Crippen LogP contribution in [0.3, 0.4) is 0 Å². The number of aromatic nitrogens is 1. The van der Waals surface area contributed by atoms with Crippen LogP contribution in [0.2, 0.25) is 0 Å². The Hall–Kier alpha value is -2.16.